The van der Waals surface area contributed by atoms with Gasteiger partial charge in [0.05, 0.1) is 71.7 Å². The molecule has 3 aliphatic carbocycles. The summed E-state index contributed by atoms with van der Waals surface area (Å²) in [6.45, 7) is 23.9. The molecule has 3 aromatic heterocycles. The van der Waals surface area contributed by atoms with Gasteiger partial charge in [0, 0.05) is 46.4 Å². The van der Waals surface area contributed by atoms with E-state index in [4.69, 9.17) is 34.7 Å². The van der Waals surface area contributed by atoms with Gasteiger partial charge in [-0.05, 0) is 391 Å². The van der Waals surface area contributed by atoms with Crippen LogP contribution in [0.4, 0.5) is 17.1 Å². The largest absolute Gasteiger partial charge is 0.256 e. The lowest BCUT2D eigenvalue weighted by atomic mass is 9.85. The van der Waals surface area contributed by atoms with Gasteiger partial charge in [-0.1, -0.05) is 297 Å². The maximum atomic E-state index is 10.1. The van der Waals surface area contributed by atoms with Crippen LogP contribution in [0.3, 0.4) is 0 Å². The fraction of sp³-hybridized carbons (Fsp3) is 0. The summed E-state index contributed by atoms with van der Waals surface area (Å²) in [6, 6.07) is 159. The average molecular weight is 1900 g/mol. The Morgan fingerprint density at radius 2 is 0.433 bits per heavy atom. The second kappa shape index (κ2) is 34.9. The molecule has 27 aromatic rings. The molecule has 0 aliphatic heterocycles. The maximum Gasteiger partial charge on any atom is 0.194 e. The minimum atomic E-state index is 0.619. The highest BCUT2D eigenvalue weighted by Crippen LogP contribution is 2.59. The van der Waals surface area contributed by atoms with Crippen molar-refractivity contribution < 1.29 is 0 Å². The molecule has 0 bridgehead atoms. The van der Waals surface area contributed by atoms with Gasteiger partial charge >= 0.3 is 0 Å². The fourth-order valence-corrected chi connectivity index (χ4v) is 24.4. The first-order valence-electron chi connectivity index (χ1n) is 49.9. The van der Waals surface area contributed by atoms with Crippen LogP contribution in [0, 0.1) is 53.7 Å². The first-order chi connectivity index (χ1) is 74.2. The van der Waals surface area contributed by atoms with E-state index < -0.39 is 0 Å². The quantitative estimate of drug-likeness (QED) is 0.105. The first-order valence-corrected chi connectivity index (χ1v) is 49.9. The Morgan fingerprint density at radius 3 is 0.807 bits per heavy atom. The van der Waals surface area contributed by atoms with Crippen LogP contribution >= 0.6 is 0 Å². The Labute approximate surface area is 862 Å². The number of para-hydroxylation sites is 2. The van der Waals surface area contributed by atoms with E-state index in [0.29, 0.717) is 33.8 Å². The fourth-order valence-electron chi connectivity index (χ4n) is 24.4. The summed E-state index contributed by atoms with van der Waals surface area (Å²) in [7, 11) is 0. The number of aromatic nitrogens is 3. The normalized spacial score (nSPS) is 11.6. The molecular weight excluding hydrogens is 1820 g/mol. The Bertz CT molecular complexity index is 10500. The van der Waals surface area contributed by atoms with Gasteiger partial charge < -0.3 is 0 Å². The Hall–Kier alpha value is -21.2. The predicted octanol–water partition coefficient (Wildman–Crippen LogP) is 38.3. The number of benzene rings is 24. The maximum absolute atomic E-state index is 10.1. The van der Waals surface area contributed by atoms with Gasteiger partial charge in [0.25, 0.3) is 0 Å². The molecule has 30 rings (SSSR count). The van der Waals surface area contributed by atoms with Gasteiger partial charge in [0.15, 0.2) is 17.1 Å². The van der Waals surface area contributed by atoms with E-state index in [-0.39, 0.29) is 0 Å². The van der Waals surface area contributed by atoms with E-state index >= 15 is 0 Å². The number of fused-ring (bicyclic) bond motifs is 24. The highest BCUT2D eigenvalue weighted by atomic mass is 14.7. The number of rotatable bonds is 9. The standard InChI is InChI=1S/3C47H25N3/c1-49-31-12-7-11-30(22-31)39-24-40-33-14-3-2-13-32(33)38(29-10-6-9-28(21-29)27-48)23-44(40)45-26-42-37-19-18-34(46-17-4-5-20-50-46)35-15-8-16-36(47(35)37)41(42)25-43(39)45;2*1-49-45-18-7-6-15-32(45)39-24-38-31-14-5-4-13-30(31)37(29-12-3-2-11-28(29)27-48)23-42(38)44-26-41-36-21-20-33(46-19-8-9-22-50-46)34-16-10-17-35(47(34)36)40(41)25-43(39)44/h3*2-26H. The molecule has 0 saturated carbocycles. The lowest BCUT2D eigenvalue weighted by Gasteiger charge is -2.18. The minimum Gasteiger partial charge on any atom is -0.256 e. The monoisotopic (exact) mass is 1890 g/mol. The van der Waals surface area contributed by atoms with Crippen molar-refractivity contribution in [1.29, 1.82) is 15.8 Å². The van der Waals surface area contributed by atoms with Gasteiger partial charge in [-0.15, -0.1) is 0 Å². The molecule has 0 atom stereocenters. The first kappa shape index (κ1) is 86.7. The highest BCUT2D eigenvalue weighted by Gasteiger charge is 2.32. The van der Waals surface area contributed by atoms with Crippen molar-refractivity contribution in [2.75, 3.05) is 0 Å². The molecular formula is C141H75N9. The number of hydrogen-bond donors (Lipinski definition) is 0. The molecule has 24 aromatic carbocycles. The van der Waals surface area contributed by atoms with Crippen LogP contribution in [0.25, 0.3) is 311 Å². The molecule has 0 N–H and O–H groups in total. The van der Waals surface area contributed by atoms with E-state index in [1.165, 1.54) is 99.1 Å². The molecule has 150 heavy (non-hydrogen) atoms. The summed E-state index contributed by atoms with van der Waals surface area (Å²) in [5.41, 5.74) is 36.6. The molecule has 3 heterocycles. The third-order valence-corrected chi connectivity index (χ3v) is 30.9. The van der Waals surface area contributed by atoms with Crippen molar-refractivity contribution in [3.8, 4) is 186 Å². The molecule has 9 nitrogen and oxygen atoms in total. The van der Waals surface area contributed by atoms with Crippen LogP contribution in [0.1, 0.15) is 16.7 Å². The zero-order valence-electron chi connectivity index (χ0n) is 80.3. The van der Waals surface area contributed by atoms with E-state index in [1.807, 2.05) is 176 Å². The van der Waals surface area contributed by atoms with Crippen molar-refractivity contribution in [2.24, 2.45) is 0 Å². The minimum absolute atomic E-state index is 0.619. The molecule has 0 amide bonds. The zero-order chi connectivity index (χ0) is 100. The third kappa shape index (κ3) is 13.5. The van der Waals surface area contributed by atoms with Crippen molar-refractivity contribution in [2.45, 2.75) is 0 Å². The summed E-state index contributed by atoms with van der Waals surface area (Å²) in [4.78, 5) is 25.8. The third-order valence-electron chi connectivity index (χ3n) is 30.9. The van der Waals surface area contributed by atoms with E-state index in [1.54, 1.807) is 0 Å². The van der Waals surface area contributed by atoms with Crippen LogP contribution in [-0.4, -0.2) is 15.0 Å². The molecule has 0 spiro atoms. The molecule has 0 fully saturated rings. The van der Waals surface area contributed by atoms with Crippen LogP contribution in [0.5, 0.6) is 0 Å². The van der Waals surface area contributed by atoms with Crippen molar-refractivity contribution in [3.05, 3.63) is 506 Å². The molecule has 0 radical (unpaired) electrons. The molecule has 9 heteroatoms. The van der Waals surface area contributed by atoms with E-state index in [9.17, 15) is 15.8 Å². The summed E-state index contributed by atoms with van der Waals surface area (Å²) >= 11 is 0. The smallest absolute Gasteiger partial charge is 0.194 e. The van der Waals surface area contributed by atoms with E-state index in [0.717, 1.165) is 197 Å². The second-order valence-electron chi connectivity index (χ2n) is 38.5. The van der Waals surface area contributed by atoms with Crippen molar-refractivity contribution in [1.82, 2.24) is 15.0 Å². The van der Waals surface area contributed by atoms with Crippen LogP contribution in [-0.2, 0) is 0 Å². The predicted molar refractivity (Wildman–Crippen MR) is 618 cm³/mol. The number of pyridine rings is 3. The van der Waals surface area contributed by atoms with Crippen molar-refractivity contribution in [3.63, 3.8) is 0 Å². The molecule has 3 aliphatic rings. The number of hydrogen-bond acceptors (Lipinski definition) is 6. The Balaban J connectivity index is 0.000000108. The second-order valence-corrected chi connectivity index (χ2v) is 38.5. The SMILES string of the molecule is [C-]#[N+]c1cccc(-c2cc3c4ccccc4c(-c4cccc(C#N)c4)cc3c3cc4c(cc23)-c2cccc3c(-c5ccccn5)ccc-4c23)c1.[C-]#[N+]c1ccccc1-c1cc2c3ccccc3c(-c3ccccc3C#N)cc2c2cc3c(cc12)-c1cccc2c(-c4ccccn4)ccc-3c12.[C-]#[N+]c1ccccc1-c1cc2c3ccccc3c(-c3ccccc3C#N)cc2c2cc3c(cc12)-c1cccc2c(-c4ccccn4)ccc-3c12. The molecule has 0 unspecified atom stereocenters. The van der Waals surface area contributed by atoms with Gasteiger partial charge in [-0.2, -0.15) is 15.8 Å². The number of nitriles is 3. The zero-order valence-corrected chi connectivity index (χ0v) is 80.3. The summed E-state index contributed by atoms with van der Waals surface area (Å²) in [5.74, 6) is 0. The van der Waals surface area contributed by atoms with Crippen molar-refractivity contribution >= 4 is 146 Å². The Morgan fingerprint density at radius 1 is 0.167 bits per heavy atom. The summed E-state index contributed by atoms with van der Waals surface area (Å²) in [6.07, 6.45) is 5.55. The van der Waals surface area contributed by atoms with Gasteiger partial charge in [-0.25, -0.2) is 14.5 Å². The average Bonchev–Trinajstić information content (AvgIpc) is 1.45. The summed E-state index contributed by atoms with van der Waals surface area (Å²) < 4.78 is 0. The topological polar surface area (TPSA) is 123 Å². The van der Waals surface area contributed by atoms with Crippen LogP contribution < -0.4 is 0 Å². The lowest BCUT2D eigenvalue weighted by molar-refractivity contribution is 1.33. The van der Waals surface area contributed by atoms with E-state index in [2.05, 4.69) is 312 Å². The van der Waals surface area contributed by atoms with Gasteiger partial charge in [0.1, 0.15) is 0 Å². The molecule has 684 valence electrons. The highest BCUT2D eigenvalue weighted by molar-refractivity contribution is 6.33. The van der Waals surface area contributed by atoms with Crippen LogP contribution in [0.2, 0.25) is 0 Å². The van der Waals surface area contributed by atoms with Crippen LogP contribution in [0.15, 0.2) is 455 Å². The van der Waals surface area contributed by atoms with Gasteiger partial charge in [0.2, 0.25) is 0 Å². The summed E-state index contributed by atoms with van der Waals surface area (Å²) in [5, 5.41) is 57.5. The molecule has 0 saturated heterocycles. The van der Waals surface area contributed by atoms with Gasteiger partial charge in [-0.3, -0.25) is 15.0 Å². The Kier molecular flexibility index (Phi) is 20.1. The number of nitrogens with zero attached hydrogens (tertiary/aromatic N) is 9. The lowest BCUT2D eigenvalue weighted by Crippen LogP contribution is -1.91.